The quantitative estimate of drug-likeness (QED) is 0.835. The van der Waals surface area contributed by atoms with Gasteiger partial charge in [-0.1, -0.05) is 0 Å². The van der Waals surface area contributed by atoms with Gasteiger partial charge in [0.2, 0.25) is 0 Å². The molecule has 1 unspecified atom stereocenters. The van der Waals surface area contributed by atoms with E-state index >= 15 is 0 Å². The van der Waals surface area contributed by atoms with Crippen LogP contribution in [0.2, 0.25) is 0 Å². The second-order valence-corrected chi connectivity index (χ2v) is 4.53. The summed E-state index contributed by atoms with van der Waals surface area (Å²) in [4.78, 5) is 23.4. The highest BCUT2D eigenvalue weighted by molar-refractivity contribution is 7.14. The SMILES string of the molecule is COc1cc(C)sc1C(=O)NC(CF)C(=O)O. The fourth-order valence-electron chi connectivity index (χ4n) is 1.19. The molecule has 1 rings (SSSR count). The molecule has 0 saturated carbocycles. The minimum absolute atomic E-state index is 0.240. The molecule has 0 bridgehead atoms. The van der Waals surface area contributed by atoms with Gasteiger partial charge in [-0.05, 0) is 13.0 Å². The number of carbonyl (C=O) groups excluding carboxylic acids is 1. The van der Waals surface area contributed by atoms with Crippen molar-refractivity contribution in [2.24, 2.45) is 0 Å². The average Bonchev–Trinajstić information content (AvgIpc) is 2.66. The van der Waals surface area contributed by atoms with Crippen molar-refractivity contribution in [3.63, 3.8) is 0 Å². The highest BCUT2D eigenvalue weighted by Gasteiger charge is 2.23. The second kappa shape index (κ2) is 5.62. The van der Waals surface area contributed by atoms with Crippen LogP contribution in [-0.2, 0) is 4.79 Å². The number of halogens is 1. The molecule has 1 atom stereocenters. The van der Waals surface area contributed by atoms with Crippen LogP contribution in [0.3, 0.4) is 0 Å². The van der Waals surface area contributed by atoms with E-state index in [1.807, 2.05) is 0 Å². The van der Waals surface area contributed by atoms with Gasteiger partial charge in [-0.25, -0.2) is 9.18 Å². The van der Waals surface area contributed by atoms with Gasteiger partial charge in [0.15, 0.2) is 6.04 Å². The number of amides is 1. The minimum Gasteiger partial charge on any atom is -0.495 e. The maximum Gasteiger partial charge on any atom is 0.328 e. The van der Waals surface area contributed by atoms with Crippen molar-refractivity contribution in [1.29, 1.82) is 0 Å². The predicted octanol–water partition coefficient (Wildman–Crippen LogP) is 1.22. The van der Waals surface area contributed by atoms with E-state index in [0.717, 1.165) is 16.2 Å². The number of nitrogens with one attached hydrogen (secondary N) is 1. The molecular weight excluding hydrogens is 249 g/mol. The summed E-state index contributed by atoms with van der Waals surface area (Å²) in [6, 6.07) is 0.125. The van der Waals surface area contributed by atoms with Crippen molar-refractivity contribution in [1.82, 2.24) is 5.32 Å². The zero-order valence-electron chi connectivity index (χ0n) is 9.32. The number of aliphatic carboxylic acids is 1. The van der Waals surface area contributed by atoms with Crippen molar-refractivity contribution < 1.29 is 23.8 Å². The molecule has 2 N–H and O–H groups in total. The van der Waals surface area contributed by atoms with Crippen LogP contribution < -0.4 is 10.1 Å². The lowest BCUT2D eigenvalue weighted by Gasteiger charge is -2.10. The molecular formula is C10H12FNO4S. The molecule has 0 fully saturated rings. The normalized spacial score (nSPS) is 11.9. The second-order valence-electron chi connectivity index (χ2n) is 3.27. The van der Waals surface area contributed by atoms with Gasteiger partial charge in [-0.15, -0.1) is 11.3 Å². The molecule has 94 valence electrons. The summed E-state index contributed by atoms with van der Waals surface area (Å²) in [5.41, 5.74) is 0. The van der Waals surface area contributed by atoms with E-state index < -0.39 is 24.6 Å². The van der Waals surface area contributed by atoms with Crippen LogP contribution in [0.1, 0.15) is 14.5 Å². The van der Waals surface area contributed by atoms with Gasteiger partial charge in [-0.3, -0.25) is 4.79 Å². The molecule has 0 saturated heterocycles. The first-order valence-corrected chi connectivity index (χ1v) is 5.55. The zero-order valence-corrected chi connectivity index (χ0v) is 10.1. The number of carboxylic acid groups (broad SMARTS) is 1. The number of ether oxygens (including phenoxy) is 1. The van der Waals surface area contributed by atoms with Gasteiger partial charge in [0, 0.05) is 4.88 Å². The monoisotopic (exact) mass is 261 g/mol. The molecule has 17 heavy (non-hydrogen) atoms. The molecule has 0 aliphatic rings. The number of thiophene rings is 1. The fraction of sp³-hybridized carbons (Fsp3) is 0.400. The van der Waals surface area contributed by atoms with E-state index in [-0.39, 0.29) is 4.88 Å². The summed E-state index contributed by atoms with van der Waals surface area (Å²) < 4.78 is 17.3. The third-order valence-electron chi connectivity index (χ3n) is 2.01. The molecule has 0 aromatic carbocycles. The van der Waals surface area contributed by atoms with Gasteiger partial charge >= 0.3 is 5.97 Å². The van der Waals surface area contributed by atoms with Crippen LogP contribution in [0.25, 0.3) is 0 Å². The number of rotatable bonds is 5. The molecule has 1 heterocycles. The molecule has 0 radical (unpaired) electrons. The highest BCUT2D eigenvalue weighted by atomic mass is 32.1. The van der Waals surface area contributed by atoms with E-state index in [1.54, 1.807) is 13.0 Å². The topological polar surface area (TPSA) is 75.6 Å². The van der Waals surface area contributed by atoms with Crippen molar-refractivity contribution in [2.75, 3.05) is 13.8 Å². The van der Waals surface area contributed by atoms with Crippen LogP contribution in [-0.4, -0.2) is 36.8 Å². The molecule has 0 spiro atoms. The van der Waals surface area contributed by atoms with Crippen molar-refractivity contribution in [3.05, 3.63) is 15.8 Å². The van der Waals surface area contributed by atoms with Crippen molar-refractivity contribution in [2.45, 2.75) is 13.0 Å². The molecule has 0 aliphatic heterocycles. The lowest BCUT2D eigenvalue weighted by Crippen LogP contribution is -2.42. The molecule has 0 aliphatic carbocycles. The summed E-state index contributed by atoms with van der Waals surface area (Å²) in [5, 5.41) is 10.7. The van der Waals surface area contributed by atoms with E-state index in [9.17, 15) is 14.0 Å². The Morgan fingerprint density at radius 3 is 2.76 bits per heavy atom. The van der Waals surface area contributed by atoms with Gasteiger partial charge in [-0.2, -0.15) is 0 Å². The highest BCUT2D eigenvalue weighted by Crippen LogP contribution is 2.28. The average molecular weight is 261 g/mol. The first kappa shape index (κ1) is 13.4. The number of carbonyl (C=O) groups is 2. The molecule has 1 aromatic heterocycles. The van der Waals surface area contributed by atoms with E-state index in [4.69, 9.17) is 9.84 Å². The fourth-order valence-corrected chi connectivity index (χ4v) is 2.07. The van der Waals surface area contributed by atoms with Crippen LogP contribution in [0.4, 0.5) is 4.39 Å². The number of alkyl halides is 1. The molecule has 1 amide bonds. The van der Waals surface area contributed by atoms with Gasteiger partial charge in [0.05, 0.1) is 7.11 Å². The third-order valence-corrected chi connectivity index (χ3v) is 3.04. The summed E-state index contributed by atoms with van der Waals surface area (Å²) in [6.45, 7) is 0.627. The summed E-state index contributed by atoms with van der Waals surface area (Å²) in [6.07, 6.45) is 0. The maximum absolute atomic E-state index is 12.3. The van der Waals surface area contributed by atoms with Crippen molar-refractivity contribution in [3.8, 4) is 5.75 Å². The first-order valence-electron chi connectivity index (χ1n) is 4.73. The first-order chi connectivity index (χ1) is 7.99. The predicted molar refractivity (Wildman–Crippen MR) is 60.5 cm³/mol. The molecule has 1 aromatic rings. The van der Waals surface area contributed by atoms with Crippen LogP contribution in [0, 0.1) is 6.92 Å². The number of hydrogen-bond acceptors (Lipinski definition) is 4. The lowest BCUT2D eigenvalue weighted by molar-refractivity contribution is -0.139. The molecule has 5 nitrogen and oxygen atoms in total. The number of aryl methyl sites for hydroxylation is 1. The van der Waals surface area contributed by atoms with Crippen molar-refractivity contribution >= 4 is 23.2 Å². The van der Waals surface area contributed by atoms with E-state index in [0.29, 0.717) is 5.75 Å². The van der Waals surface area contributed by atoms with E-state index in [2.05, 4.69) is 5.32 Å². The Labute approximate surface area is 101 Å². The number of carboxylic acids is 1. The smallest absolute Gasteiger partial charge is 0.328 e. The van der Waals surface area contributed by atoms with Crippen LogP contribution >= 0.6 is 11.3 Å². The maximum atomic E-state index is 12.3. The van der Waals surface area contributed by atoms with Crippen LogP contribution in [0.5, 0.6) is 5.75 Å². The van der Waals surface area contributed by atoms with Gasteiger partial charge < -0.3 is 15.2 Å². The van der Waals surface area contributed by atoms with Crippen LogP contribution in [0.15, 0.2) is 6.07 Å². The lowest BCUT2D eigenvalue weighted by atomic mass is 10.3. The zero-order chi connectivity index (χ0) is 13.0. The molecule has 7 heteroatoms. The largest absolute Gasteiger partial charge is 0.495 e. The van der Waals surface area contributed by atoms with Gasteiger partial charge in [0.25, 0.3) is 5.91 Å². The Bertz CT molecular complexity index is 432. The van der Waals surface area contributed by atoms with Gasteiger partial charge in [0.1, 0.15) is 17.3 Å². The Kier molecular flexibility index (Phi) is 4.45. The summed E-state index contributed by atoms with van der Waals surface area (Å²) in [5.74, 6) is -1.70. The third kappa shape index (κ3) is 3.16. The summed E-state index contributed by atoms with van der Waals surface area (Å²) in [7, 11) is 1.40. The van der Waals surface area contributed by atoms with E-state index in [1.165, 1.54) is 7.11 Å². The Balaban J connectivity index is 2.85. The Morgan fingerprint density at radius 2 is 2.29 bits per heavy atom. The minimum atomic E-state index is -1.53. The number of methoxy groups -OCH3 is 1. The Hall–Kier alpha value is -1.63. The summed E-state index contributed by atoms with van der Waals surface area (Å²) >= 11 is 1.16. The Morgan fingerprint density at radius 1 is 1.65 bits per heavy atom. The number of hydrogen-bond donors (Lipinski definition) is 2. The standard InChI is InChI=1S/C10H12FNO4S/c1-5-3-7(16-2)8(17-5)9(13)12-6(4-11)10(14)15/h3,6H,4H2,1-2H3,(H,12,13)(H,14,15).